The van der Waals surface area contributed by atoms with E-state index in [1.807, 2.05) is 35.2 Å². The van der Waals surface area contributed by atoms with Gasteiger partial charge in [-0.15, -0.1) is 0 Å². The first-order valence-corrected chi connectivity index (χ1v) is 7.62. The van der Waals surface area contributed by atoms with Gasteiger partial charge in [0.25, 0.3) is 0 Å². The first-order chi connectivity index (χ1) is 10.2. The maximum absolute atomic E-state index is 12.2. The summed E-state index contributed by atoms with van der Waals surface area (Å²) in [7, 11) is 1.64. The molecule has 0 spiro atoms. The standard InChI is InChI=1S/C17H24N2O2/c1-3-15-8-4-5-12-19(15)17(20)18-11-10-14-7-6-9-16(13-14)21-2/h6-7,9-11,13,15H,3-5,8,12H2,1-2H3,(H,18,20)/b11-10+. The van der Waals surface area contributed by atoms with E-state index in [4.69, 9.17) is 4.74 Å². The Morgan fingerprint density at radius 2 is 2.33 bits per heavy atom. The van der Waals surface area contributed by atoms with E-state index in [1.54, 1.807) is 13.3 Å². The van der Waals surface area contributed by atoms with E-state index < -0.39 is 0 Å². The van der Waals surface area contributed by atoms with Crippen molar-refractivity contribution >= 4 is 12.1 Å². The third kappa shape index (κ3) is 4.25. The van der Waals surface area contributed by atoms with Crippen molar-refractivity contribution in [3.05, 3.63) is 36.0 Å². The first-order valence-electron chi connectivity index (χ1n) is 7.62. The number of rotatable bonds is 4. The number of nitrogens with zero attached hydrogens (tertiary/aromatic N) is 1. The number of carbonyl (C=O) groups excluding carboxylic acids is 1. The van der Waals surface area contributed by atoms with Crippen LogP contribution in [0.5, 0.6) is 5.75 Å². The molecule has 1 heterocycles. The van der Waals surface area contributed by atoms with Crippen LogP contribution in [0.15, 0.2) is 30.5 Å². The molecule has 1 atom stereocenters. The summed E-state index contributed by atoms with van der Waals surface area (Å²) in [6.45, 7) is 3.00. The number of nitrogens with one attached hydrogen (secondary N) is 1. The largest absolute Gasteiger partial charge is 0.497 e. The van der Waals surface area contributed by atoms with Crippen LogP contribution < -0.4 is 10.1 Å². The summed E-state index contributed by atoms with van der Waals surface area (Å²) < 4.78 is 5.18. The summed E-state index contributed by atoms with van der Waals surface area (Å²) in [5.74, 6) is 0.811. The number of benzene rings is 1. The lowest BCUT2D eigenvalue weighted by Gasteiger charge is -2.34. The highest BCUT2D eigenvalue weighted by atomic mass is 16.5. The van der Waals surface area contributed by atoms with Gasteiger partial charge in [-0.2, -0.15) is 0 Å². The van der Waals surface area contributed by atoms with Gasteiger partial charge < -0.3 is 15.0 Å². The molecule has 1 aliphatic rings. The fourth-order valence-electron chi connectivity index (χ4n) is 2.73. The van der Waals surface area contributed by atoms with Crippen LogP contribution in [0.3, 0.4) is 0 Å². The Morgan fingerprint density at radius 1 is 1.48 bits per heavy atom. The summed E-state index contributed by atoms with van der Waals surface area (Å²) in [5.41, 5.74) is 1.00. The van der Waals surface area contributed by atoms with Crippen LogP contribution in [0.2, 0.25) is 0 Å². The zero-order chi connectivity index (χ0) is 15.1. The molecule has 0 bridgehead atoms. The molecule has 4 heteroatoms. The molecule has 0 radical (unpaired) electrons. The summed E-state index contributed by atoms with van der Waals surface area (Å²) in [4.78, 5) is 14.2. The smallest absolute Gasteiger partial charge is 0.321 e. The Bertz CT molecular complexity index is 499. The highest BCUT2D eigenvalue weighted by molar-refractivity contribution is 5.76. The van der Waals surface area contributed by atoms with Crippen LogP contribution in [-0.2, 0) is 0 Å². The lowest BCUT2D eigenvalue weighted by atomic mass is 10.0. The van der Waals surface area contributed by atoms with E-state index >= 15 is 0 Å². The minimum atomic E-state index is 0.000645. The second kappa shape index (κ2) is 7.72. The van der Waals surface area contributed by atoms with E-state index in [2.05, 4.69) is 12.2 Å². The molecule has 2 rings (SSSR count). The van der Waals surface area contributed by atoms with E-state index in [0.717, 1.165) is 37.1 Å². The molecular weight excluding hydrogens is 264 g/mol. The summed E-state index contributed by atoms with van der Waals surface area (Å²) in [6.07, 6.45) is 8.05. The molecule has 2 amide bonds. The number of methoxy groups -OCH3 is 1. The number of hydrogen-bond donors (Lipinski definition) is 1. The van der Waals surface area contributed by atoms with Crippen LogP contribution in [0.25, 0.3) is 6.08 Å². The van der Waals surface area contributed by atoms with Gasteiger partial charge in [-0.05, 0) is 49.5 Å². The topological polar surface area (TPSA) is 41.6 Å². The number of likely N-dealkylation sites (tertiary alicyclic amines) is 1. The van der Waals surface area contributed by atoms with Gasteiger partial charge in [0.15, 0.2) is 0 Å². The van der Waals surface area contributed by atoms with Crippen LogP contribution >= 0.6 is 0 Å². The molecule has 0 aliphatic carbocycles. The molecular formula is C17H24N2O2. The van der Waals surface area contributed by atoms with Gasteiger partial charge in [0.2, 0.25) is 0 Å². The van der Waals surface area contributed by atoms with Crippen molar-refractivity contribution in [2.24, 2.45) is 0 Å². The minimum Gasteiger partial charge on any atom is -0.497 e. The Kier molecular flexibility index (Phi) is 5.67. The average Bonchev–Trinajstić information content (AvgIpc) is 2.55. The van der Waals surface area contributed by atoms with E-state index in [0.29, 0.717) is 6.04 Å². The van der Waals surface area contributed by atoms with Gasteiger partial charge in [-0.1, -0.05) is 19.1 Å². The fourth-order valence-corrected chi connectivity index (χ4v) is 2.73. The molecule has 0 aromatic heterocycles. The second-order valence-electron chi connectivity index (χ2n) is 5.31. The molecule has 1 fully saturated rings. The third-order valence-corrected chi connectivity index (χ3v) is 3.94. The number of amides is 2. The molecule has 0 saturated carbocycles. The molecule has 1 aliphatic heterocycles. The van der Waals surface area contributed by atoms with Gasteiger partial charge in [-0.3, -0.25) is 0 Å². The third-order valence-electron chi connectivity index (χ3n) is 3.94. The molecule has 4 nitrogen and oxygen atoms in total. The number of piperidine rings is 1. The normalized spacial score (nSPS) is 18.8. The number of carbonyl (C=O) groups is 1. The van der Waals surface area contributed by atoms with Crippen molar-refractivity contribution in [1.29, 1.82) is 0 Å². The number of hydrogen-bond acceptors (Lipinski definition) is 2. The molecule has 114 valence electrons. The zero-order valence-electron chi connectivity index (χ0n) is 12.8. The quantitative estimate of drug-likeness (QED) is 0.919. The van der Waals surface area contributed by atoms with Crippen LogP contribution in [0, 0.1) is 0 Å². The molecule has 1 N–H and O–H groups in total. The van der Waals surface area contributed by atoms with Crippen molar-refractivity contribution < 1.29 is 9.53 Å². The van der Waals surface area contributed by atoms with Crippen LogP contribution in [0.4, 0.5) is 4.79 Å². The van der Waals surface area contributed by atoms with Crippen LogP contribution in [-0.4, -0.2) is 30.6 Å². The predicted molar refractivity (Wildman–Crippen MR) is 85.2 cm³/mol. The van der Waals surface area contributed by atoms with Crippen molar-refractivity contribution in [3.8, 4) is 5.75 Å². The highest BCUT2D eigenvalue weighted by Crippen LogP contribution is 2.19. The molecule has 1 aromatic rings. The maximum Gasteiger partial charge on any atom is 0.321 e. The van der Waals surface area contributed by atoms with Crippen molar-refractivity contribution in [2.75, 3.05) is 13.7 Å². The average molecular weight is 288 g/mol. The van der Waals surface area contributed by atoms with Crippen LogP contribution in [0.1, 0.15) is 38.2 Å². The second-order valence-corrected chi connectivity index (χ2v) is 5.31. The Morgan fingerprint density at radius 3 is 3.10 bits per heavy atom. The van der Waals surface area contributed by atoms with Gasteiger partial charge in [0.05, 0.1) is 7.11 Å². The lowest BCUT2D eigenvalue weighted by Crippen LogP contribution is -2.47. The molecule has 1 aromatic carbocycles. The highest BCUT2D eigenvalue weighted by Gasteiger charge is 2.24. The maximum atomic E-state index is 12.2. The van der Waals surface area contributed by atoms with E-state index in [9.17, 15) is 4.79 Å². The molecule has 21 heavy (non-hydrogen) atoms. The summed E-state index contributed by atoms with van der Waals surface area (Å²) in [6, 6.07) is 8.11. The Balaban J connectivity index is 1.91. The number of urea groups is 1. The summed E-state index contributed by atoms with van der Waals surface area (Å²) in [5, 5.41) is 2.87. The minimum absolute atomic E-state index is 0.000645. The first kappa shape index (κ1) is 15.4. The van der Waals surface area contributed by atoms with Gasteiger partial charge in [0, 0.05) is 18.8 Å². The SMILES string of the molecule is CCC1CCCCN1C(=O)N/C=C/c1cccc(OC)c1. The van der Waals surface area contributed by atoms with Crippen molar-refractivity contribution in [2.45, 2.75) is 38.6 Å². The Labute approximate surface area is 126 Å². The zero-order valence-corrected chi connectivity index (χ0v) is 12.8. The molecule has 1 unspecified atom stereocenters. The van der Waals surface area contributed by atoms with Gasteiger partial charge in [0.1, 0.15) is 5.75 Å². The summed E-state index contributed by atoms with van der Waals surface area (Å²) >= 11 is 0. The monoisotopic (exact) mass is 288 g/mol. The fraction of sp³-hybridized carbons (Fsp3) is 0.471. The molecule has 1 saturated heterocycles. The van der Waals surface area contributed by atoms with Gasteiger partial charge in [-0.25, -0.2) is 4.79 Å². The Hall–Kier alpha value is -1.97. The lowest BCUT2D eigenvalue weighted by molar-refractivity contribution is 0.152. The van der Waals surface area contributed by atoms with E-state index in [1.165, 1.54) is 6.42 Å². The van der Waals surface area contributed by atoms with E-state index in [-0.39, 0.29) is 6.03 Å². The number of ether oxygens (including phenoxy) is 1. The van der Waals surface area contributed by atoms with Gasteiger partial charge >= 0.3 is 6.03 Å². The predicted octanol–water partition coefficient (Wildman–Crippen LogP) is 3.64. The van der Waals surface area contributed by atoms with Crippen molar-refractivity contribution in [3.63, 3.8) is 0 Å². The van der Waals surface area contributed by atoms with Crippen molar-refractivity contribution in [1.82, 2.24) is 10.2 Å².